The number of nitrogens with one attached hydrogen (secondary N) is 1. The van der Waals surface area contributed by atoms with Crippen LogP contribution in [-0.2, 0) is 19.1 Å². The zero-order chi connectivity index (χ0) is 12.6. The molecule has 6 nitrogen and oxygen atoms in total. The highest BCUT2D eigenvalue weighted by atomic mass is 16.5. The Morgan fingerprint density at radius 1 is 1.50 bits per heavy atom. The zero-order valence-corrected chi connectivity index (χ0v) is 9.19. The maximum absolute atomic E-state index is 11.2. The molecular formula is C10H16N2O4. The van der Waals surface area contributed by atoms with E-state index in [1.54, 1.807) is 6.08 Å². The first-order chi connectivity index (χ1) is 7.47. The number of allylic oxidation sites excluding steroid dienone is 1. The van der Waals surface area contributed by atoms with Gasteiger partial charge in [-0.05, 0) is 12.8 Å². The quantitative estimate of drug-likeness (QED) is 0.452. The molecule has 1 atom stereocenters. The molecule has 16 heavy (non-hydrogen) atoms. The van der Waals surface area contributed by atoms with Crippen LogP contribution in [0.5, 0.6) is 0 Å². The van der Waals surface area contributed by atoms with E-state index in [1.807, 2.05) is 0 Å². The smallest absolute Gasteiger partial charge is 0.303 e. The molecule has 0 bridgehead atoms. The van der Waals surface area contributed by atoms with Gasteiger partial charge >= 0.3 is 5.97 Å². The molecule has 0 saturated heterocycles. The second-order valence-corrected chi connectivity index (χ2v) is 3.17. The largest absolute Gasteiger partial charge is 0.456 e. The van der Waals surface area contributed by atoms with Crippen LogP contribution in [0.15, 0.2) is 12.7 Å². The van der Waals surface area contributed by atoms with Crippen LogP contribution in [0, 0.1) is 0 Å². The first-order valence-corrected chi connectivity index (χ1v) is 4.80. The molecule has 0 aromatic heterocycles. The van der Waals surface area contributed by atoms with Crippen molar-refractivity contribution in [2.45, 2.75) is 25.8 Å². The van der Waals surface area contributed by atoms with Crippen molar-refractivity contribution in [3.8, 4) is 0 Å². The summed E-state index contributed by atoms with van der Waals surface area (Å²) in [5.41, 5.74) is 5.09. The first-order valence-electron chi connectivity index (χ1n) is 4.80. The highest BCUT2D eigenvalue weighted by molar-refractivity contribution is 5.87. The number of hydrogen-bond acceptors (Lipinski definition) is 4. The summed E-state index contributed by atoms with van der Waals surface area (Å²) in [4.78, 5) is 32.6. The number of carbonyl (C=O) groups excluding carboxylic acids is 3. The van der Waals surface area contributed by atoms with Crippen LogP contribution in [0.1, 0.15) is 19.8 Å². The summed E-state index contributed by atoms with van der Waals surface area (Å²) in [6.45, 7) is 4.28. The lowest BCUT2D eigenvalue weighted by Gasteiger charge is -2.14. The maximum Gasteiger partial charge on any atom is 0.303 e. The summed E-state index contributed by atoms with van der Waals surface area (Å²) in [5, 5.41) is 2.37. The van der Waals surface area contributed by atoms with Crippen molar-refractivity contribution in [2.75, 3.05) is 6.61 Å². The molecule has 6 heteroatoms. The van der Waals surface area contributed by atoms with Crippen molar-refractivity contribution in [1.82, 2.24) is 5.32 Å². The normalized spacial score (nSPS) is 11.3. The molecule has 0 rings (SSSR count). The van der Waals surface area contributed by atoms with Crippen LogP contribution in [0.2, 0.25) is 0 Å². The first kappa shape index (κ1) is 14.2. The summed E-state index contributed by atoms with van der Waals surface area (Å²) < 4.78 is 4.47. The average molecular weight is 228 g/mol. The van der Waals surface area contributed by atoms with Gasteiger partial charge in [-0.2, -0.15) is 0 Å². The fourth-order valence-electron chi connectivity index (χ4n) is 0.973. The molecule has 0 aromatic rings. The van der Waals surface area contributed by atoms with E-state index in [0.29, 0.717) is 12.8 Å². The molecule has 3 N–H and O–H groups in total. The highest BCUT2D eigenvalue weighted by Crippen LogP contribution is 1.97. The highest BCUT2D eigenvalue weighted by Gasteiger charge is 2.17. The number of carbonyl (C=O) groups is 3. The van der Waals surface area contributed by atoms with Crippen LogP contribution >= 0.6 is 0 Å². The second-order valence-electron chi connectivity index (χ2n) is 3.17. The van der Waals surface area contributed by atoms with Crippen molar-refractivity contribution in [1.29, 1.82) is 0 Å². The van der Waals surface area contributed by atoms with Crippen molar-refractivity contribution in [3.05, 3.63) is 12.7 Å². The van der Waals surface area contributed by atoms with E-state index in [2.05, 4.69) is 16.6 Å². The summed E-state index contributed by atoms with van der Waals surface area (Å²) in [5.74, 6) is -1.74. The second kappa shape index (κ2) is 7.44. The minimum Gasteiger partial charge on any atom is -0.456 e. The summed E-state index contributed by atoms with van der Waals surface area (Å²) in [6.07, 6.45) is 2.56. The number of amides is 2. The van der Waals surface area contributed by atoms with E-state index >= 15 is 0 Å². The van der Waals surface area contributed by atoms with Crippen molar-refractivity contribution >= 4 is 17.8 Å². The molecule has 90 valence electrons. The van der Waals surface area contributed by atoms with E-state index < -0.39 is 30.4 Å². The molecule has 0 aliphatic rings. The molecule has 0 unspecified atom stereocenters. The zero-order valence-electron chi connectivity index (χ0n) is 9.19. The van der Waals surface area contributed by atoms with Gasteiger partial charge < -0.3 is 15.8 Å². The summed E-state index contributed by atoms with van der Waals surface area (Å²) >= 11 is 0. The Morgan fingerprint density at radius 2 is 2.12 bits per heavy atom. The number of primary amides is 1. The van der Waals surface area contributed by atoms with E-state index in [9.17, 15) is 14.4 Å². The Labute approximate surface area is 93.8 Å². The van der Waals surface area contributed by atoms with Gasteiger partial charge in [0.1, 0.15) is 6.04 Å². The molecule has 0 fully saturated rings. The minimum atomic E-state index is -0.763. The number of rotatable bonds is 7. The Morgan fingerprint density at radius 3 is 2.56 bits per heavy atom. The number of esters is 1. The topological polar surface area (TPSA) is 98.5 Å². The average Bonchev–Trinajstić information content (AvgIpc) is 2.20. The predicted molar refractivity (Wildman–Crippen MR) is 57.2 cm³/mol. The third-order valence-electron chi connectivity index (χ3n) is 1.74. The number of nitrogens with two attached hydrogens (primary N) is 1. The van der Waals surface area contributed by atoms with Gasteiger partial charge in [0.15, 0.2) is 6.61 Å². The SMILES string of the molecule is C=CCC[C@@H](NC(=O)COC(C)=O)C(N)=O. The van der Waals surface area contributed by atoms with Crippen molar-refractivity contribution < 1.29 is 19.1 Å². The Bertz CT molecular complexity index is 289. The van der Waals surface area contributed by atoms with Gasteiger partial charge in [0, 0.05) is 6.92 Å². The van der Waals surface area contributed by atoms with Crippen LogP contribution in [0.4, 0.5) is 0 Å². The van der Waals surface area contributed by atoms with Crippen LogP contribution < -0.4 is 11.1 Å². The van der Waals surface area contributed by atoms with E-state index in [-0.39, 0.29) is 0 Å². The monoisotopic (exact) mass is 228 g/mol. The van der Waals surface area contributed by atoms with E-state index in [0.717, 1.165) is 0 Å². The molecule has 0 aromatic carbocycles. The fourth-order valence-corrected chi connectivity index (χ4v) is 0.973. The van der Waals surface area contributed by atoms with Gasteiger partial charge in [-0.15, -0.1) is 6.58 Å². The van der Waals surface area contributed by atoms with Gasteiger partial charge in [0.25, 0.3) is 5.91 Å². The molecule has 0 heterocycles. The van der Waals surface area contributed by atoms with Gasteiger partial charge in [-0.1, -0.05) is 6.08 Å². The third kappa shape index (κ3) is 6.58. The lowest BCUT2D eigenvalue weighted by atomic mass is 10.1. The fraction of sp³-hybridized carbons (Fsp3) is 0.500. The van der Waals surface area contributed by atoms with Crippen molar-refractivity contribution in [3.63, 3.8) is 0 Å². The Hall–Kier alpha value is -1.85. The van der Waals surface area contributed by atoms with Gasteiger partial charge in [0.05, 0.1) is 0 Å². The van der Waals surface area contributed by atoms with Gasteiger partial charge in [-0.25, -0.2) is 0 Å². The van der Waals surface area contributed by atoms with Gasteiger partial charge in [0.2, 0.25) is 5.91 Å². The lowest BCUT2D eigenvalue weighted by molar-refractivity contribution is -0.146. The Kier molecular flexibility index (Phi) is 6.58. The number of ether oxygens (including phenoxy) is 1. The third-order valence-corrected chi connectivity index (χ3v) is 1.74. The van der Waals surface area contributed by atoms with Gasteiger partial charge in [-0.3, -0.25) is 14.4 Å². The number of hydrogen-bond donors (Lipinski definition) is 2. The molecule has 0 aliphatic carbocycles. The molecule has 0 spiro atoms. The minimum absolute atomic E-state index is 0.380. The van der Waals surface area contributed by atoms with Crippen molar-refractivity contribution in [2.24, 2.45) is 5.73 Å². The molecule has 0 radical (unpaired) electrons. The van der Waals surface area contributed by atoms with Crippen LogP contribution in [-0.4, -0.2) is 30.4 Å². The standard InChI is InChI=1S/C10H16N2O4/c1-3-4-5-8(10(11)15)12-9(14)6-16-7(2)13/h3,8H,1,4-6H2,2H3,(H2,11,15)(H,12,14)/t8-/m1/s1. The summed E-state index contributed by atoms with van der Waals surface area (Å²) in [6, 6.07) is -0.763. The maximum atomic E-state index is 11.2. The molecule has 0 aliphatic heterocycles. The Balaban J connectivity index is 4.07. The molecule has 2 amide bonds. The predicted octanol–water partition coefficient (Wildman–Crippen LogP) is -0.514. The van der Waals surface area contributed by atoms with E-state index in [4.69, 9.17) is 5.73 Å². The van der Waals surface area contributed by atoms with E-state index in [1.165, 1.54) is 6.92 Å². The summed E-state index contributed by atoms with van der Waals surface area (Å²) in [7, 11) is 0. The molecular weight excluding hydrogens is 212 g/mol. The lowest BCUT2D eigenvalue weighted by Crippen LogP contribution is -2.45. The molecule has 0 saturated carbocycles. The van der Waals surface area contributed by atoms with Crippen LogP contribution in [0.3, 0.4) is 0 Å². The van der Waals surface area contributed by atoms with Crippen LogP contribution in [0.25, 0.3) is 0 Å².